The molecule has 0 unspecified atom stereocenters. The SMILES string of the molecule is Cc1ccc(C(N)=O)c(C(=O)NCC2CC2)n1. The fraction of sp³-hybridized carbons (Fsp3) is 0.417. The molecule has 2 amide bonds. The van der Waals surface area contributed by atoms with Crippen molar-refractivity contribution in [3.8, 4) is 0 Å². The molecule has 1 aromatic heterocycles. The van der Waals surface area contributed by atoms with Gasteiger partial charge in [-0.1, -0.05) is 0 Å². The number of hydrogen-bond acceptors (Lipinski definition) is 3. The van der Waals surface area contributed by atoms with E-state index < -0.39 is 5.91 Å². The number of carbonyl (C=O) groups is 2. The number of carbonyl (C=O) groups excluding carboxylic acids is 2. The van der Waals surface area contributed by atoms with Crippen LogP contribution in [0.3, 0.4) is 0 Å². The van der Waals surface area contributed by atoms with Crippen molar-refractivity contribution in [3.05, 3.63) is 29.1 Å². The Bertz CT molecular complexity index is 467. The maximum absolute atomic E-state index is 11.9. The Kier molecular flexibility index (Phi) is 3.08. The second-order valence-electron chi connectivity index (χ2n) is 4.37. The lowest BCUT2D eigenvalue weighted by molar-refractivity contribution is 0.0929. The van der Waals surface area contributed by atoms with Gasteiger partial charge in [0.05, 0.1) is 5.56 Å². The smallest absolute Gasteiger partial charge is 0.270 e. The molecule has 5 nitrogen and oxygen atoms in total. The van der Waals surface area contributed by atoms with E-state index in [-0.39, 0.29) is 17.2 Å². The van der Waals surface area contributed by atoms with Crippen LogP contribution in [0.5, 0.6) is 0 Å². The number of nitrogens with zero attached hydrogens (tertiary/aromatic N) is 1. The number of pyridine rings is 1. The van der Waals surface area contributed by atoms with E-state index in [0.717, 1.165) is 12.8 Å². The highest BCUT2D eigenvalue weighted by Gasteiger charge is 2.23. The van der Waals surface area contributed by atoms with Crippen molar-refractivity contribution in [2.24, 2.45) is 11.7 Å². The third-order valence-corrected chi connectivity index (χ3v) is 2.76. The second-order valence-corrected chi connectivity index (χ2v) is 4.37. The van der Waals surface area contributed by atoms with Crippen LogP contribution in [0.25, 0.3) is 0 Å². The first-order valence-corrected chi connectivity index (χ1v) is 5.63. The van der Waals surface area contributed by atoms with Crippen molar-refractivity contribution < 1.29 is 9.59 Å². The summed E-state index contributed by atoms with van der Waals surface area (Å²) in [6.07, 6.45) is 2.31. The van der Waals surface area contributed by atoms with Gasteiger partial charge in [-0.05, 0) is 37.8 Å². The Morgan fingerprint density at radius 3 is 2.76 bits per heavy atom. The second kappa shape index (κ2) is 4.53. The average molecular weight is 233 g/mol. The maximum Gasteiger partial charge on any atom is 0.270 e. The number of nitrogens with one attached hydrogen (secondary N) is 1. The summed E-state index contributed by atoms with van der Waals surface area (Å²) in [7, 11) is 0. The summed E-state index contributed by atoms with van der Waals surface area (Å²) in [6.45, 7) is 2.41. The van der Waals surface area contributed by atoms with E-state index in [1.165, 1.54) is 6.07 Å². The quantitative estimate of drug-likeness (QED) is 0.799. The number of aryl methyl sites for hydroxylation is 1. The third-order valence-electron chi connectivity index (χ3n) is 2.76. The van der Waals surface area contributed by atoms with Crippen molar-refractivity contribution in [1.29, 1.82) is 0 Å². The van der Waals surface area contributed by atoms with Gasteiger partial charge in [0, 0.05) is 12.2 Å². The predicted molar refractivity (Wildman–Crippen MR) is 62.5 cm³/mol. The highest BCUT2D eigenvalue weighted by Crippen LogP contribution is 2.27. The Labute approximate surface area is 99.4 Å². The van der Waals surface area contributed by atoms with Gasteiger partial charge in [0.2, 0.25) is 0 Å². The molecule has 3 N–H and O–H groups in total. The summed E-state index contributed by atoms with van der Waals surface area (Å²) in [6, 6.07) is 3.20. The summed E-state index contributed by atoms with van der Waals surface area (Å²) in [4.78, 5) is 27.1. The van der Waals surface area contributed by atoms with Crippen molar-refractivity contribution in [2.75, 3.05) is 6.54 Å². The molecule has 90 valence electrons. The van der Waals surface area contributed by atoms with Crippen molar-refractivity contribution in [3.63, 3.8) is 0 Å². The van der Waals surface area contributed by atoms with Gasteiger partial charge in [0.1, 0.15) is 5.69 Å². The highest BCUT2D eigenvalue weighted by atomic mass is 16.2. The molecule has 1 heterocycles. The molecule has 5 heteroatoms. The standard InChI is InChI=1S/C12H15N3O2/c1-7-2-5-9(11(13)16)10(15-7)12(17)14-6-8-3-4-8/h2,5,8H,3-4,6H2,1H3,(H2,13,16)(H,14,17). The van der Waals surface area contributed by atoms with E-state index in [0.29, 0.717) is 18.2 Å². The zero-order valence-electron chi connectivity index (χ0n) is 9.69. The van der Waals surface area contributed by atoms with Gasteiger partial charge in [0.15, 0.2) is 0 Å². The normalized spacial score (nSPS) is 14.4. The molecule has 1 aromatic rings. The van der Waals surface area contributed by atoms with Gasteiger partial charge >= 0.3 is 0 Å². The summed E-state index contributed by atoms with van der Waals surface area (Å²) in [5.74, 6) is -0.371. The molecular formula is C12H15N3O2. The maximum atomic E-state index is 11.9. The summed E-state index contributed by atoms with van der Waals surface area (Å²) in [5.41, 5.74) is 6.19. The molecule has 0 atom stereocenters. The molecule has 0 aliphatic heterocycles. The van der Waals surface area contributed by atoms with Crippen molar-refractivity contribution >= 4 is 11.8 Å². The summed E-state index contributed by atoms with van der Waals surface area (Å²) >= 11 is 0. The Morgan fingerprint density at radius 1 is 1.47 bits per heavy atom. The molecule has 1 aliphatic carbocycles. The van der Waals surface area contributed by atoms with E-state index in [4.69, 9.17) is 5.73 Å². The van der Waals surface area contributed by atoms with Gasteiger partial charge in [-0.15, -0.1) is 0 Å². The lowest BCUT2D eigenvalue weighted by atomic mass is 10.1. The Morgan fingerprint density at radius 2 is 2.18 bits per heavy atom. The van der Waals surface area contributed by atoms with Crippen LogP contribution in [0.4, 0.5) is 0 Å². The predicted octanol–water partition coefficient (Wildman–Crippen LogP) is 0.629. The first-order valence-electron chi connectivity index (χ1n) is 5.63. The lowest BCUT2D eigenvalue weighted by Gasteiger charge is -2.07. The van der Waals surface area contributed by atoms with Gasteiger partial charge in [-0.3, -0.25) is 9.59 Å². The van der Waals surface area contributed by atoms with Crippen LogP contribution in [0.2, 0.25) is 0 Å². The number of hydrogen-bond donors (Lipinski definition) is 2. The molecule has 1 saturated carbocycles. The largest absolute Gasteiger partial charge is 0.366 e. The number of rotatable bonds is 4. The topological polar surface area (TPSA) is 85.1 Å². The molecule has 0 saturated heterocycles. The number of nitrogens with two attached hydrogens (primary N) is 1. The lowest BCUT2D eigenvalue weighted by Crippen LogP contribution is -2.29. The molecule has 0 bridgehead atoms. The van der Waals surface area contributed by atoms with E-state index >= 15 is 0 Å². The minimum atomic E-state index is -0.630. The van der Waals surface area contributed by atoms with E-state index in [1.807, 2.05) is 0 Å². The summed E-state index contributed by atoms with van der Waals surface area (Å²) < 4.78 is 0. The molecule has 17 heavy (non-hydrogen) atoms. The van der Waals surface area contributed by atoms with Crippen molar-refractivity contribution in [1.82, 2.24) is 10.3 Å². The van der Waals surface area contributed by atoms with Crippen molar-refractivity contribution in [2.45, 2.75) is 19.8 Å². The number of amides is 2. The Balaban J connectivity index is 2.18. The fourth-order valence-electron chi connectivity index (χ4n) is 1.57. The van der Waals surface area contributed by atoms with Gasteiger partial charge in [0.25, 0.3) is 11.8 Å². The van der Waals surface area contributed by atoms with Crippen LogP contribution >= 0.6 is 0 Å². The average Bonchev–Trinajstić information content (AvgIpc) is 3.09. The third kappa shape index (κ3) is 2.81. The van der Waals surface area contributed by atoms with E-state index in [9.17, 15) is 9.59 Å². The molecule has 2 rings (SSSR count). The van der Waals surface area contributed by atoms with Crippen LogP contribution in [0.15, 0.2) is 12.1 Å². The number of primary amides is 1. The van der Waals surface area contributed by atoms with Crippen LogP contribution < -0.4 is 11.1 Å². The zero-order valence-corrected chi connectivity index (χ0v) is 9.69. The Hall–Kier alpha value is -1.91. The monoisotopic (exact) mass is 233 g/mol. The van der Waals surface area contributed by atoms with Crippen LogP contribution in [-0.2, 0) is 0 Å². The fourth-order valence-corrected chi connectivity index (χ4v) is 1.57. The van der Waals surface area contributed by atoms with Crippen LogP contribution in [-0.4, -0.2) is 23.3 Å². The minimum Gasteiger partial charge on any atom is -0.366 e. The first-order chi connectivity index (χ1) is 8.08. The van der Waals surface area contributed by atoms with Crippen LogP contribution in [0, 0.1) is 12.8 Å². The summed E-state index contributed by atoms with van der Waals surface area (Å²) in [5, 5.41) is 2.77. The molecular weight excluding hydrogens is 218 g/mol. The molecule has 0 aromatic carbocycles. The first kappa shape index (κ1) is 11.6. The molecule has 0 radical (unpaired) electrons. The molecule has 1 aliphatic rings. The number of aromatic nitrogens is 1. The van der Waals surface area contributed by atoms with Gasteiger partial charge < -0.3 is 11.1 Å². The molecule has 1 fully saturated rings. The van der Waals surface area contributed by atoms with E-state index in [2.05, 4.69) is 10.3 Å². The van der Waals surface area contributed by atoms with Crippen LogP contribution in [0.1, 0.15) is 39.4 Å². The van der Waals surface area contributed by atoms with E-state index in [1.54, 1.807) is 13.0 Å². The zero-order chi connectivity index (χ0) is 12.4. The highest BCUT2D eigenvalue weighted by molar-refractivity contribution is 6.05. The van der Waals surface area contributed by atoms with Gasteiger partial charge in [-0.2, -0.15) is 0 Å². The minimum absolute atomic E-state index is 0.123. The van der Waals surface area contributed by atoms with Gasteiger partial charge in [-0.25, -0.2) is 4.98 Å². The molecule has 0 spiro atoms.